The molecule has 2 aromatic heterocycles. The van der Waals surface area contributed by atoms with Crippen LogP contribution >= 0.6 is 11.8 Å². The van der Waals surface area contributed by atoms with Crippen molar-refractivity contribution in [3.8, 4) is 6.07 Å². The molecule has 0 spiro atoms. The monoisotopic (exact) mass is 324 g/mol. The number of imidazole rings is 1. The fraction of sp³-hybridized carbons (Fsp3) is 0.250. The first-order valence-corrected chi connectivity index (χ1v) is 8.48. The van der Waals surface area contributed by atoms with Crippen molar-refractivity contribution in [2.24, 2.45) is 0 Å². The second kappa shape index (κ2) is 6.67. The van der Waals surface area contributed by atoms with E-state index >= 15 is 0 Å². The van der Waals surface area contributed by atoms with E-state index in [1.165, 1.54) is 18.1 Å². The lowest BCUT2D eigenvalue weighted by atomic mass is 10.3. The number of aryl methyl sites for hydroxylation is 1. The molecular formula is C16H16N6S. The number of nitriles is 1. The molecule has 0 aliphatic heterocycles. The molecule has 0 bridgehead atoms. The van der Waals surface area contributed by atoms with Gasteiger partial charge in [-0.05, 0) is 25.3 Å². The average Bonchev–Trinajstić information content (AvgIpc) is 2.96. The molecule has 2 heterocycles. The summed E-state index contributed by atoms with van der Waals surface area (Å²) in [6.07, 6.45) is 3.36. The van der Waals surface area contributed by atoms with Gasteiger partial charge in [-0.2, -0.15) is 5.26 Å². The fourth-order valence-electron chi connectivity index (χ4n) is 2.53. The van der Waals surface area contributed by atoms with Gasteiger partial charge >= 0.3 is 0 Å². The third kappa shape index (κ3) is 2.85. The van der Waals surface area contributed by atoms with E-state index in [-0.39, 0.29) is 0 Å². The van der Waals surface area contributed by atoms with Crippen molar-refractivity contribution in [1.29, 1.82) is 5.26 Å². The summed E-state index contributed by atoms with van der Waals surface area (Å²) in [5.74, 6) is 1.46. The van der Waals surface area contributed by atoms with Gasteiger partial charge in [-0.25, -0.2) is 15.0 Å². The van der Waals surface area contributed by atoms with E-state index in [2.05, 4.69) is 43.9 Å². The zero-order chi connectivity index (χ0) is 16.2. The Balaban J connectivity index is 1.91. The minimum atomic E-state index is 0.471. The van der Waals surface area contributed by atoms with Gasteiger partial charge in [0, 0.05) is 6.54 Å². The largest absolute Gasteiger partial charge is 0.362 e. The van der Waals surface area contributed by atoms with E-state index in [1.54, 1.807) is 0 Å². The molecule has 0 amide bonds. The molecule has 0 unspecified atom stereocenters. The molecule has 7 heteroatoms. The number of nitrogens with zero attached hydrogens (tertiary/aromatic N) is 5. The molecule has 116 valence electrons. The Hall–Kier alpha value is -2.59. The minimum absolute atomic E-state index is 0.471. The van der Waals surface area contributed by atoms with Crippen LogP contribution in [0.5, 0.6) is 0 Å². The smallest absolute Gasteiger partial charge is 0.148 e. The van der Waals surface area contributed by atoms with Gasteiger partial charge < -0.3 is 9.88 Å². The Kier molecular flexibility index (Phi) is 4.44. The summed E-state index contributed by atoms with van der Waals surface area (Å²) < 4.78 is 2.16. The maximum absolute atomic E-state index is 9.34. The summed E-state index contributed by atoms with van der Waals surface area (Å²) in [6, 6.07) is 10.2. The quantitative estimate of drug-likeness (QED) is 0.574. The Morgan fingerprint density at radius 1 is 1.30 bits per heavy atom. The van der Waals surface area contributed by atoms with Crippen LogP contribution in [0, 0.1) is 11.3 Å². The maximum Gasteiger partial charge on any atom is 0.148 e. The first-order chi connectivity index (χ1) is 11.3. The van der Waals surface area contributed by atoms with Crippen LogP contribution in [0.4, 0.5) is 5.82 Å². The van der Waals surface area contributed by atoms with Crippen molar-refractivity contribution in [3.05, 3.63) is 42.0 Å². The number of anilines is 1. The van der Waals surface area contributed by atoms with Gasteiger partial charge in [0.1, 0.15) is 34.6 Å². The number of fused-ring (bicyclic) bond motifs is 1. The van der Waals surface area contributed by atoms with Crippen molar-refractivity contribution in [2.45, 2.75) is 25.0 Å². The number of rotatable bonds is 5. The van der Waals surface area contributed by atoms with Crippen LogP contribution in [-0.4, -0.2) is 25.8 Å². The molecule has 23 heavy (non-hydrogen) atoms. The number of para-hydroxylation sites is 2. The number of hydrogen-bond acceptors (Lipinski definition) is 6. The topological polar surface area (TPSA) is 79.4 Å². The van der Waals surface area contributed by atoms with Crippen LogP contribution in [-0.2, 0) is 13.1 Å². The number of nitrogens with one attached hydrogen (secondary N) is 1. The van der Waals surface area contributed by atoms with Crippen molar-refractivity contribution in [2.75, 3.05) is 11.6 Å². The van der Waals surface area contributed by atoms with Crippen LogP contribution in [0.1, 0.15) is 18.3 Å². The van der Waals surface area contributed by atoms with Crippen LogP contribution in [0.15, 0.2) is 35.6 Å². The average molecular weight is 324 g/mol. The van der Waals surface area contributed by atoms with Crippen LogP contribution < -0.4 is 5.32 Å². The van der Waals surface area contributed by atoms with E-state index in [1.807, 2.05) is 24.5 Å². The highest BCUT2D eigenvalue weighted by Crippen LogP contribution is 2.23. The summed E-state index contributed by atoms with van der Waals surface area (Å²) in [7, 11) is 0. The Bertz CT molecular complexity index is 880. The SMILES string of the molecule is CCn1c(CNc2ncnc(SC)c2C#N)nc2ccccc21. The summed E-state index contributed by atoms with van der Waals surface area (Å²) >= 11 is 1.43. The predicted molar refractivity (Wildman–Crippen MR) is 91.3 cm³/mol. The molecule has 0 aliphatic rings. The lowest BCUT2D eigenvalue weighted by Crippen LogP contribution is -2.10. The summed E-state index contributed by atoms with van der Waals surface area (Å²) in [5.41, 5.74) is 2.55. The van der Waals surface area contributed by atoms with Crippen LogP contribution in [0.25, 0.3) is 11.0 Å². The molecule has 0 aliphatic carbocycles. The van der Waals surface area contributed by atoms with E-state index in [0.29, 0.717) is 23.0 Å². The molecule has 3 rings (SSSR count). The van der Waals surface area contributed by atoms with Gasteiger partial charge in [0.25, 0.3) is 0 Å². The Morgan fingerprint density at radius 2 is 2.13 bits per heavy atom. The number of benzene rings is 1. The molecule has 6 nitrogen and oxygen atoms in total. The maximum atomic E-state index is 9.34. The van der Waals surface area contributed by atoms with Crippen LogP contribution in [0.2, 0.25) is 0 Å². The number of hydrogen-bond donors (Lipinski definition) is 1. The highest BCUT2D eigenvalue weighted by Gasteiger charge is 2.13. The predicted octanol–water partition coefficient (Wildman–Crippen LogP) is 3.05. The highest BCUT2D eigenvalue weighted by atomic mass is 32.2. The Labute approximate surface area is 138 Å². The molecule has 0 fully saturated rings. The van der Waals surface area contributed by atoms with E-state index in [0.717, 1.165) is 23.4 Å². The highest BCUT2D eigenvalue weighted by molar-refractivity contribution is 7.98. The molecule has 1 N–H and O–H groups in total. The van der Waals surface area contributed by atoms with E-state index in [4.69, 9.17) is 0 Å². The van der Waals surface area contributed by atoms with Gasteiger partial charge in [0.05, 0.1) is 17.6 Å². The van der Waals surface area contributed by atoms with Crippen LogP contribution in [0.3, 0.4) is 0 Å². The molecule has 0 atom stereocenters. The van der Waals surface area contributed by atoms with Crippen molar-refractivity contribution < 1.29 is 0 Å². The lowest BCUT2D eigenvalue weighted by Gasteiger charge is -2.10. The van der Waals surface area contributed by atoms with Gasteiger partial charge in [-0.15, -0.1) is 11.8 Å². The van der Waals surface area contributed by atoms with Crippen molar-refractivity contribution in [1.82, 2.24) is 19.5 Å². The molecule has 0 saturated carbocycles. The number of thioether (sulfide) groups is 1. The van der Waals surface area contributed by atoms with E-state index < -0.39 is 0 Å². The zero-order valence-corrected chi connectivity index (χ0v) is 13.8. The van der Waals surface area contributed by atoms with E-state index in [9.17, 15) is 5.26 Å². The Morgan fingerprint density at radius 3 is 2.87 bits per heavy atom. The summed E-state index contributed by atoms with van der Waals surface area (Å²) in [4.78, 5) is 13.0. The van der Waals surface area contributed by atoms with Crippen molar-refractivity contribution >= 4 is 28.6 Å². The first-order valence-electron chi connectivity index (χ1n) is 7.25. The van der Waals surface area contributed by atoms with Gasteiger partial charge in [-0.3, -0.25) is 0 Å². The molecule has 0 saturated heterocycles. The summed E-state index contributed by atoms with van der Waals surface area (Å²) in [6.45, 7) is 3.43. The van der Waals surface area contributed by atoms with Gasteiger partial charge in [0.2, 0.25) is 0 Å². The zero-order valence-electron chi connectivity index (χ0n) is 12.9. The second-order valence-electron chi connectivity index (χ2n) is 4.83. The standard InChI is InChI=1S/C16H16N6S/c1-3-22-13-7-5-4-6-12(13)21-14(22)9-18-15-11(8-17)16(23-2)20-10-19-15/h4-7,10H,3,9H2,1-2H3,(H,18,19,20). The van der Waals surface area contributed by atoms with Gasteiger partial charge in [-0.1, -0.05) is 12.1 Å². The minimum Gasteiger partial charge on any atom is -0.362 e. The number of aromatic nitrogens is 4. The second-order valence-corrected chi connectivity index (χ2v) is 5.63. The fourth-order valence-corrected chi connectivity index (χ4v) is 3.03. The molecule has 1 aromatic carbocycles. The lowest BCUT2D eigenvalue weighted by molar-refractivity contribution is 0.727. The van der Waals surface area contributed by atoms with Crippen molar-refractivity contribution in [3.63, 3.8) is 0 Å². The van der Waals surface area contributed by atoms with Gasteiger partial charge in [0.15, 0.2) is 0 Å². The molecular weight excluding hydrogens is 308 g/mol. The first kappa shape index (κ1) is 15.3. The summed E-state index contributed by atoms with van der Waals surface area (Å²) in [5, 5.41) is 13.2. The molecule has 0 radical (unpaired) electrons. The third-order valence-corrected chi connectivity index (χ3v) is 4.28. The normalized spacial score (nSPS) is 10.7. The third-order valence-electron chi connectivity index (χ3n) is 3.58. The molecule has 3 aromatic rings.